The maximum absolute atomic E-state index is 12.9. The monoisotopic (exact) mass is 337 g/mol. The van der Waals surface area contributed by atoms with Crippen LogP contribution in [0, 0.1) is 0 Å². The fourth-order valence-corrected chi connectivity index (χ4v) is 3.93. The molecule has 130 valence electrons. The summed E-state index contributed by atoms with van der Waals surface area (Å²) in [5.74, 6) is 1.48. The Labute approximate surface area is 148 Å². The van der Waals surface area contributed by atoms with E-state index in [1.54, 1.807) is 7.11 Å². The minimum absolute atomic E-state index is 0.0106. The molecule has 1 aliphatic carbocycles. The molecule has 0 bridgehead atoms. The van der Waals surface area contributed by atoms with Crippen LogP contribution in [0.2, 0.25) is 0 Å². The number of methoxy groups -OCH3 is 1. The smallest absolute Gasteiger partial charge is 0.259 e. The van der Waals surface area contributed by atoms with Crippen molar-refractivity contribution < 1.29 is 14.3 Å². The highest BCUT2D eigenvalue weighted by atomic mass is 16.5. The molecule has 0 radical (unpaired) electrons. The summed E-state index contributed by atoms with van der Waals surface area (Å²) < 4.78 is 11.6. The molecule has 0 N–H and O–H groups in total. The first-order valence-electron chi connectivity index (χ1n) is 8.96. The molecule has 1 amide bonds. The van der Waals surface area contributed by atoms with Crippen molar-refractivity contribution in [2.75, 3.05) is 12.0 Å². The molecule has 1 saturated carbocycles. The lowest BCUT2D eigenvalue weighted by molar-refractivity contribution is 0.0992. The number of rotatable bonds is 4. The zero-order valence-corrected chi connectivity index (χ0v) is 14.7. The summed E-state index contributed by atoms with van der Waals surface area (Å²) in [6.45, 7) is 2.06. The number of amides is 1. The second-order valence-electron chi connectivity index (χ2n) is 6.80. The number of anilines is 1. The molecule has 1 atom stereocenters. The molecule has 1 aliphatic heterocycles. The van der Waals surface area contributed by atoms with Crippen LogP contribution in [0.1, 0.15) is 54.6 Å². The van der Waals surface area contributed by atoms with Crippen LogP contribution in [0.5, 0.6) is 11.5 Å². The summed E-state index contributed by atoms with van der Waals surface area (Å²) in [5.41, 5.74) is 2.70. The van der Waals surface area contributed by atoms with E-state index in [4.69, 9.17) is 9.47 Å². The molecule has 4 nitrogen and oxygen atoms in total. The molecule has 1 unspecified atom stereocenters. The van der Waals surface area contributed by atoms with E-state index in [9.17, 15) is 4.79 Å². The molecule has 4 heteroatoms. The fourth-order valence-electron chi connectivity index (χ4n) is 3.93. The Kier molecular flexibility index (Phi) is 4.12. The summed E-state index contributed by atoms with van der Waals surface area (Å²) in [5, 5.41) is 0. The summed E-state index contributed by atoms with van der Waals surface area (Å²) in [6.07, 6.45) is 4.83. The van der Waals surface area contributed by atoms with Crippen LogP contribution in [-0.2, 0) is 0 Å². The molecule has 0 aromatic heterocycles. The van der Waals surface area contributed by atoms with Gasteiger partial charge in [-0.05, 0) is 56.4 Å². The van der Waals surface area contributed by atoms with Gasteiger partial charge >= 0.3 is 0 Å². The number of benzene rings is 2. The van der Waals surface area contributed by atoms with Crippen molar-refractivity contribution in [2.45, 2.75) is 44.8 Å². The number of carbonyl (C=O) groups is 1. The number of hydrogen-bond donors (Lipinski definition) is 0. The zero-order valence-electron chi connectivity index (χ0n) is 14.7. The van der Waals surface area contributed by atoms with E-state index in [0.717, 1.165) is 35.4 Å². The van der Waals surface area contributed by atoms with E-state index in [1.165, 1.54) is 12.8 Å². The molecule has 2 aromatic carbocycles. The molecule has 4 rings (SSSR count). The highest BCUT2D eigenvalue weighted by Crippen LogP contribution is 2.41. The van der Waals surface area contributed by atoms with E-state index >= 15 is 0 Å². The van der Waals surface area contributed by atoms with Gasteiger partial charge in [0.15, 0.2) is 11.5 Å². The highest BCUT2D eigenvalue weighted by Gasteiger charge is 2.35. The van der Waals surface area contributed by atoms with Gasteiger partial charge in [0, 0.05) is 17.3 Å². The number of nitrogens with zero attached hydrogens (tertiary/aromatic N) is 1. The van der Waals surface area contributed by atoms with Crippen molar-refractivity contribution in [3.05, 3.63) is 53.6 Å². The van der Waals surface area contributed by atoms with Gasteiger partial charge < -0.3 is 14.4 Å². The highest BCUT2D eigenvalue weighted by molar-refractivity contribution is 6.11. The predicted molar refractivity (Wildman–Crippen MR) is 97.5 cm³/mol. The Bertz CT molecular complexity index is 795. The predicted octanol–water partition coefficient (Wildman–Crippen LogP) is 4.74. The quantitative estimate of drug-likeness (QED) is 0.809. The first-order valence-corrected chi connectivity index (χ1v) is 8.96. The molecule has 0 spiro atoms. The van der Waals surface area contributed by atoms with Crippen LogP contribution in [0.25, 0.3) is 0 Å². The van der Waals surface area contributed by atoms with Crippen molar-refractivity contribution in [1.82, 2.24) is 0 Å². The Morgan fingerprint density at radius 2 is 1.80 bits per heavy atom. The summed E-state index contributed by atoms with van der Waals surface area (Å²) in [7, 11) is 1.65. The molecule has 2 aliphatic rings. The Morgan fingerprint density at radius 3 is 2.52 bits per heavy atom. The van der Waals surface area contributed by atoms with Crippen LogP contribution >= 0.6 is 0 Å². The first-order chi connectivity index (χ1) is 12.2. The third kappa shape index (κ3) is 2.76. The zero-order chi connectivity index (χ0) is 17.4. The number of hydrogen-bond acceptors (Lipinski definition) is 3. The number of ether oxygens (including phenoxy) is 2. The van der Waals surface area contributed by atoms with Crippen molar-refractivity contribution in [2.24, 2.45) is 0 Å². The second-order valence-corrected chi connectivity index (χ2v) is 6.80. The lowest BCUT2D eigenvalue weighted by Gasteiger charge is -2.24. The minimum atomic E-state index is 0.0106. The topological polar surface area (TPSA) is 38.8 Å². The average Bonchev–Trinajstić information content (AvgIpc) is 3.23. The van der Waals surface area contributed by atoms with Gasteiger partial charge in [-0.2, -0.15) is 0 Å². The van der Waals surface area contributed by atoms with Crippen molar-refractivity contribution in [3.8, 4) is 11.5 Å². The van der Waals surface area contributed by atoms with E-state index < -0.39 is 0 Å². The van der Waals surface area contributed by atoms with Crippen LogP contribution in [0.4, 0.5) is 5.69 Å². The van der Waals surface area contributed by atoms with Gasteiger partial charge in [0.25, 0.3) is 5.91 Å². The van der Waals surface area contributed by atoms with E-state index in [0.29, 0.717) is 5.75 Å². The summed E-state index contributed by atoms with van der Waals surface area (Å²) in [4.78, 5) is 14.7. The molecule has 1 fully saturated rings. The molecular formula is C21H23NO3. The maximum atomic E-state index is 12.9. The molecule has 2 aromatic rings. The second kappa shape index (κ2) is 6.43. The van der Waals surface area contributed by atoms with Crippen LogP contribution in [0.3, 0.4) is 0 Å². The Hall–Kier alpha value is -2.49. The Morgan fingerprint density at radius 1 is 1.04 bits per heavy atom. The maximum Gasteiger partial charge on any atom is 0.259 e. The average molecular weight is 337 g/mol. The lowest BCUT2D eigenvalue weighted by Crippen LogP contribution is -2.26. The van der Waals surface area contributed by atoms with Gasteiger partial charge in [0.2, 0.25) is 0 Å². The molecular weight excluding hydrogens is 314 g/mol. The summed E-state index contributed by atoms with van der Waals surface area (Å²) >= 11 is 0. The van der Waals surface area contributed by atoms with Gasteiger partial charge in [-0.15, -0.1) is 0 Å². The van der Waals surface area contributed by atoms with E-state index in [-0.39, 0.29) is 18.1 Å². The van der Waals surface area contributed by atoms with Gasteiger partial charge in [-0.25, -0.2) is 0 Å². The van der Waals surface area contributed by atoms with E-state index in [2.05, 4.69) is 6.92 Å². The molecule has 25 heavy (non-hydrogen) atoms. The van der Waals surface area contributed by atoms with Gasteiger partial charge in [-0.3, -0.25) is 4.79 Å². The Balaban J connectivity index is 1.68. The number of fused-ring (bicyclic) bond motifs is 1. The molecule has 1 heterocycles. The largest absolute Gasteiger partial charge is 0.493 e. The molecule has 0 saturated heterocycles. The number of carbonyl (C=O) groups excluding carboxylic acids is 1. The van der Waals surface area contributed by atoms with Gasteiger partial charge in [0.1, 0.15) is 0 Å². The van der Waals surface area contributed by atoms with Crippen LogP contribution < -0.4 is 14.4 Å². The van der Waals surface area contributed by atoms with Crippen LogP contribution in [0.15, 0.2) is 42.5 Å². The van der Waals surface area contributed by atoms with Crippen molar-refractivity contribution in [1.29, 1.82) is 0 Å². The summed E-state index contributed by atoms with van der Waals surface area (Å²) in [6, 6.07) is 13.6. The van der Waals surface area contributed by atoms with Crippen molar-refractivity contribution >= 4 is 11.6 Å². The third-order valence-corrected chi connectivity index (χ3v) is 5.27. The minimum Gasteiger partial charge on any atom is -0.493 e. The van der Waals surface area contributed by atoms with E-state index in [1.807, 2.05) is 47.4 Å². The lowest BCUT2D eigenvalue weighted by atomic mass is 10.1. The normalized spacial score (nSPS) is 20.0. The van der Waals surface area contributed by atoms with Gasteiger partial charge in [-0.1, -0.05) is 18.2 Å². The van der Waals surface area contributed by atoms with Crippen LogP contribution in [-0.4, -0.2) is 19.1 Å². The first kappa shape index (κ1) is 16.0. The standard InChI is InChI=1S/C21H23NO3/c1-14-17-9-5-6-10-18(17)21(23)22(14)15-11-12-19(24-2)20(13-15)25-16-7-3-4-8-16/h5-6,9-14,16H,3-4,7-8H2,1-2H3. The third-order valence-electron chi connectivity index (χ3n) is 5.27. The SMILES string of the molecule is COc1ccc(N2C(=O)c3ccccc3C2C)cc1OC1CCCC1. The fraction of sp³-hybridized carbons (Fsp3) is 0.381. The van der Waals surface area contributed by atoms with Gasteiger partial charge in [0.05, 0.1) is 19.3 Å². The van der Waals surface area contributed by atoms with Crippen molar-refractivity contribution in [3.63, 3.8) is 0 Å².